The molecular formula is C18H19N3O2. The Morgan fingerprint density at radius 3 is 2.43 bits per heavy atom. The van der Waals surface area contributed by atoms with Crippen LogP contribution in [0, 0.1) is 16.0 Å². The lowest BCUT2D eigenvalue weighted by Gasteiger charge is -2.22. The molecule has 5 nitrogen and oxygen atoms in total. The Kier molecular flexibility index (Phi) is 4.10. The van der Waals surface area contributed by atoms with E-state index in [1.807, 2.05) is 36.4 Å². The van der Waals surface area contributed by atoms with E-state index >= 15 is 0 Å². The van der Waals surface area contributed by atoms with Gasteiger partial charge in [0.25, 0.3) is 5.69 Å². The maximum atomic E-state index is 11.4. The molecule has 0 radical (unpaired) electrons. The highest BCUT2D eigenvalue weighted by Crippen LogP contribution is 2.29. The van der Waals surface area contributed by atoms with Crippen LogP contribution < -0.4 is 4.90 Å². The Morgan fingerprint density at radius 2 is 1.78 bits per heavy atom. The van der Waals surface area contributed by atoms with E-state index < -0.39 is 0 Å². The van der Waals surface area contributed by atoms with Gasteiger partial charge in [-0.25, -0.2) is 0 Å². The molecule has 0 unspecified atom stereocenters. The van der Waals surface area contributed by atoms with Crippen LogP contribution in [-0.4, -0.2) is 23.3 Å². The van der Waals surface area contributed by atoms with Crippen LogP contribution in [0.15, 0.2) is 59.6 Å². The third-order valence-corrected chi connectivity index (χ3v) is 4.09. The molecule has 0 aromatic heterocycles. The molecule has 2 aromatic carbocycles. The third kappa shape index (κ3) is 2.95. The fourth-order valence-electron chi connectivity index (χ4n) is 2.77. The van der Waals surface area contributed by atoms with E-state index in [1.165, 1.54) is 6.07 Å². The molecule has 0 spiro atoms. The molecule has 0 amide bonds. The van der Waals surface area contributed by atoms with Crippen molar-refractivity contribution >= 4 is 17.2 Å². The van der Waals surface area contributed by atoms with E-state index in [4.69, 9.17) is 4.99 Å². The summed E-state index contributed by atoms with van der Waals surface area (Å²) in [7, 11) is 0. The number of benzene rings is 2. The normalized spacial score (nSPS) is 17.4. The summed E-state index contributed by atoms with van der Waals surface area (Å²) in [4.78, 5) is 17.9. The van der Waals surface area contributed by atoms with E-state index in [1.54, 1.807) is 12.1 Å². The molecule has 1 aliphatic heterocycles. The summed E-state index contributed by atoms with van der Waals surface area (Å²) in [5.41, 5.74) is 1.67. The van der Waals surface area contributed by atoms with Crippen LogP contribution in [0.25, 0.3) is 0 Å². The number of amidine groups is 1. The van der Waals surface area contributed by atoms with Crippen LogP contribution in [-0.2, 0) is 0 Å². The van der Waals surface area contributed by atoms with Gasteiger partial charge in [0.05, 0.1) is 16.5 Å². The largest absolute Gasteiger partial charge is 0.324 e. The molecule has 1 aliphatic rings. The van der Waals surface area contributed by atoms with Crippen LogP contribution in [0.1, 0.15) is 19.4 Å². The highest BCUT2D eigenvalue weighted by atomic mass is 16.6. The van der Waals surface area contributed by atoms with Crippen molar-refractivity contribution in [3.8, 4) is 0 Å². The monoisotopic (exact) mass is 309 g/mol. The van der Waals surface area contributed by atoms with Crippen molar-refractivity contribution in [3.63, 3.8) is 0 Å². The molecule has 0 fully saturated rings. The lowest BCUT2D eigenvalue weighted by Crippen LogP contribution is -2.31. The highest BCUT2D eigenvalue weighted by Gasteiger charge is 2.32. The molecule has 3 rings (SSSR count). The quantitative estimate of drug-likeness (QED) is 0.636. The Hall–Kier alpha value is -2.69. The van der Waals surface area contributed by atoms with Crippen molar-refractivity contribution in [2.75, 3.05) is 11.4 Å². The molecule has 2 aromatic rings. The standard InChI is InChI=1S/C18H19N3O2/c1-13(2)16-12-20(14-8-4-3-5-9-14)18(19-16)15-10-6-7-11-17(15)21(22)23/h3-11,13,16H,12H2,1-2H3/t16-/m1/s1. The van der Waals surface area contributed by atoms with Crippen LogP contribution in [0.4, 0.5) is 11.4 Å². The van der Waals surface area contributed by atoms with Crippen LogP contribution in [0.2, 0.25) is 0 Å². The first-order chi connectivity index (χ1) is 11.1. The summed E-state index contributed by atoms with van der Waals surface area (Å²) < 4.78 is 0. The van der Waals surface area contributed by atoms with Gasteiger partial charge in [-0.3, -0.25) is 15.1 Å². The van der Waals surface area contributed by atoms with Gasteiger partial charge in [-0.2, -0.15) is 0 Å². The number of rotatable bonds is 4. The summed E-state index contributed by atoms with van der Waals surface area (Å²) in [6.07, 6.45) is 0. The van der Waals surface area contributed by atoms with Crippen molar-refractivity contribution in [2.45, 2.75) is 19.9 Å². The summed E-state index contributed by atoms with van der Waals surface area (Å²) in [5, 5.41) is 11.4. The van der Waals surface area contributed by atoms with E-state index in [2.05, 4.69) is 18.7 Å². The molecule has 0 saturated carbocycles. The number of anilines is 1. The van der Waals surface area contributed by atoms with Crippen molar-refractivity contribution in [2.24, 2.45) is 10.9 Å². The first kappa shape index (κ1) is 15.2. The van der Waals surface area contributed by atoms with Gasteiger partial charge in [0.15, 0.2) is 0 Å². The minimum atomic E-state index is -0.344. The lowest BCUT2D eigenvalue weighted by molar-refractivity contribution is -0.385. The number of hydrogen-bond acceptors (Lipinski definition) is 4. The number of hydrogen-bond donors (Lipinski definition) is 0. The SMILES string of the molecule is CC(C)[C@H]1CN(c2ccccc2)C(c2ccccc2[N+](=O)[O-])=N1. The zero-order valence-electron chi connectivity index (χ0n) is 13.2. The minimum Gasteiger partial charge on any atom is -0.324 e. The minimum absolute atomic E-state index is 0.0941. The first-order valence-corrected chi connectivity index (χ1v) is 7.72. The zero-order valence-corrected chi connectivity index (χ0v) is 13.2. The summed E-state index contributed by atoms with van der Waals surface area (Å²) in [6.45, 7) is 4.99. The fourth-order valence-corrected chi connectivity index (χ4v) is 2.77. The number of para-hydroxylation sites is 2. The van der Waals surface area contributed by atoms with Gasteiger partial charge < -0.3 is 4.90 Å². The second kappa shape index (κ2) is 6.20. The van der Waals surface area contributed by atoms with Gasteiger partial charge in [-0.1, -0.05) is 44.2 Å². The molecule has 0 bridgehead atoms. The third-order valence-electron chi connectivity index (χ3n) is 4.09. The Morgan fingerprint density at radius 1 is 1.13 bits per heavy atom. The van der Waals surface area contributed by atoms with Gasteiger partial charge in [-0.15, -0.1) is 0 Å². The van der Waals surface area contributed by atoms with E-state index in [-0.39, 0.29) is 16.7 Å². The molecule has 0 saturated heterocycles. The summed E-state index contributed by atoms with van der Waals surface area (Å²) >= 11 is 0. The molecular weight excluding hydrogens is 290 g/mol. The van der Waals surface area contributed by atoms with Crippen molar-refractivity contribution in [3.05, 3.63) is 70.3 Å². The van der Waals surface area contributed by atoms with Gasteiger partial charge >= 0.3 is 0 Å². The molecule has 0 aliphatic carbocycles. The maximum Gasteiger partial charge on any atom is 0.280 e. The predicted molar refractivity (Wildman–Crippen MR) is 92.0 cm³/mol. The lowest BCUT2D eigenvalue weighted by atomic mass is 10.1. The van der Waals surface area contributed by atoms with E-state index in [0.717, 1.165) is 12.2 Å². The molecule has 118 valence electrons. The molecule has 1 heterocycles. The molecule has 1 atom stereocenters. The highest BCUT2D eigenvalue weighted by molar-refractivity contribution is 6.13. The second-order valence-corrected chi connectivity index (χ2v) is 5.98. The van der Waals surface area contributed by atoms with Crippen LogP contribution >= 0.6 is 0 Å². The average molecular weight is 309 g/mol. The van der Waals surface area contributed by atoms with Gasteiger partial charge in [0, 0.05) is 18.3 Å². The van der Waals surface area contributed by atoms with Crippen molar-refractivity contribution in [1.82, 2.24) is 0 Å². The van der Waals surface area contributed by atoms with Crippen LogP contribution in [0.5, 0.6) is 0 Å². The van der Waals surface area contributed by atoms with Gasteiger partial charge in [0.2, 0.25) is 0 Å². The molecule has 23 heavy (non-hydrogen) atoms. The average Bonchev–Trinajstić information content (AvgIpc) is 3.01. The summed E-state index contributed by atoms with van der Waals surface area (Å²) in [6, 6.07) is 16.8. The Balaban J connectivity index is 2.09. The Bertz CT molecular complexity index is 741. The number of nitro benzene ring substituents is 1. The van der Waals surface area contributed by atoms with E-state index in [0.29, 0.717) is 17.3 Å². The molecule has 0 N–H and O–H groups in total. The number of nitrogens with zero attached hydrogens (tertiary/aromatic N) is 3. The smallest absolute Gasteiger partial charge is 0.280 e. The number of nitro groups is 1. The van der Waals surface area contributed by atoms with Gasteiger partial charge in [0.1, 0.15) is 5.84 Å². The second-order valence-electron chi connectivity index (χ2n) is 5.98. The van der Waals surface area contributed by atoms with Crippen molar-refractivity contribution in [1.29, 1.82) is 0 Å². The predicted octanol–water partition coefficient (Wildman–Crippen LogP) is 3.89. The Labute approximate surface area is 135 Å². The van der Waals surface area contributed by atoms with E-state index in [9.17, 15) is 10.1 Å². The number of aliphatic imine (C=N–C) groups is 1. The van der Waals surface area contributed by atoms with Gasteiger partial charge in [-0.05, 0) is 24.1 Å². The fraction of sp³-hybridized carbons (Fsp3) is 0.278. The van der Waals surface area contributed by atoms with Crippen LogP contribution in [0.3, 0.4) is 0 Å². The zero-order chi connectivity index (χ0) is 16.4. The maximum absolute atomic E-state index is 11.4. The topological polar surface area (TPSA) is 58.7 Å². The molecule has 5 heteroatoms. The summed E-state index contributed by atoms with van der Waals surface area (Å²) in [5.74, 6) is 1.06. The van der Waals surface area contributed by atoms with Crippen molar-refractivity contribution < 1.29 is 4.92 Å². The first-order valence-electron chi connectivity index (χ1n) is 7.72.